The van der Waals surface area contributed by atoms with Gasteiger partial charge in [0.1, 0.15) is 6.61 Å². The standard InChI is InChI=1S/C33H44N2O3/c1-3-30-23-31(20-15-26(30)2)32(24-36)34-21-9-7-11-27-16-18-28(19-17-27)12-8-10-22-35-33(37)38-25-29-13-5-4-6-14-29/h4-6,13-20,23,32,34,36H,3,7-12,21-22,24-25H2,1-2H3,(H,35,37)/t32-/m1/s1. The van der Waals surface area contributed by atoms with E-state index in [2.05, 4.69) is 66.9 Å². The van der Waals surface area contributed by atoms with Gasteiger partial charge in [0.2, 0.25) is 0 Å². The average molecular weight is 517 g/mol. The van der Waals surface area contributed by atoms with E-state index >= 15 is 0 Å². The molecule has 3 N–H and O–H groups in total. The predicted molar refractivity (Wildman–Crippen MR) is 155 cm³/mol. The molecule has 3 aromatic rings. The van der Waals surface area contributed by atoms with Gasteiger partial charge in [-0.25, -0.2) is 4.79 Å². The Morgan fingerprint density at radius 2 is 1.50 bits per heavy atom. The van der Waals surface area contributed by atoms with Crippen LogP contribution in [0.2, 0.25) is 0 Å². The highest BCUT2D eigenvalue weighted by Gasteiger charge is 2.11. The van der Waals surface area contributed by atoms with Crippen molar-refractivity contribution in [3.63, 3.8) is 0 Å². The largest absolute Gasteiger partial charge is 0.445 e. The summed E-state index contributed by atoms with van der Waals surface area (Å²) >= 11 is 0. The number of unbranched alkanes of at least 4 members (excludes halogenated alkanes) is 2. The van der Waals surface area contributed by atoms with Gasteiger partial charge in [0, 0.05) is 6.54 Å². The Balaban J connectivity index is 1.25. The van der Waals surface area contributed by atoms with Crippen molar-refractivity contribution in [2.24, 2.45) is 0 Å². The summed E-state index contributed by atoms with van der Waals surface area (Å²) in [6, 6.07) is 25.1. The Bertz CT molecular complexity index is 1080. The van der Waals surface area contributed by atoms with Crippen molar-refractivity contribution < 1.29 is 14.6 Å². The number of ether oxygens (including phenoxy) is 1. The summed E-state index contributed by atoms with van der Waals surface area (Å²) in [5, 5.41) is 16.2. The van der Waals surface area contributed by atoms with Gasteiger partial charge in [0.15, 0.2) is 0 Å². The Morgan fingerprint density at radius 1 is 0.842 bits per heavy atom. The lowest BCUT2D eigenvalue weighted by atomic mass is 9.99. The molecule has 204 valence electrons. The van der Waals surface area contributed by atoms with Crippen molar-refractivity contribution in [2.75, 3.05) is 19.7 Å². The number of rotatable bonds is 16. The van der Waals surface area contributed by atoms with E-state index in [1.807, 2.05) is 30.3 Å². The fourth-order valence-corrected chi connectivity index (χ4v) is 4.60. The van der Waals surface area contributed by atoms with E-state index in [9.17, 15) is 9.90 Å². The molecular formula is C33H44N2O3. The van der Waals surface area contributed by atoms with E-state index in [1.165, 1.54) is 27.8 Å². The van der Waals surface area contributed by atoms with Crippen molar-refractivity contribution >= 4 is 6.09 Å². The number of carbonyl (C=O) groups is 1. The molecule has 38 heavy (non-hydrogen) atoms. The molecule has 0 fully saturated rings. The number of aliphatic hydroxyl groups is 1. The fraction of sp³-hybridized carbons (Fsp3) is 0.424. The number of carbonyl (C=O) groups excluding carboxylic acids is 1. The number of hydrogen-bond acceptors (Lipinski definition) is 4. The highest BCUT2D eigenvalue weighted by Crippen LogP contribution is 2.18. The third-order valence-electron chi connectivity index (χ3n) is 7.02. The number of aryl methyl sites for hydroxylation is 4. The van der Waals surface area contributed by atoms with Crippen molar-refractivity contribution in [3.8, 4) is 0 Å². The van der Waals surface area contributed by atoms with Crippen molar-refractivity contribution in [2.45, 2.75) is 71.4 Å². The maximum Gasteiger partial charge on any atom is 0.407 e. The third kappa shape index (κ3) is 10.3. The van der Waals surface area contributed by atoms with Crippen LogP contribution in [0.15, 0.2) is 72.8 Å². The first kappa shape index (κ1) is 29.4. The molecule has 3 aromatic carbocycles. The van der Waals surface area contributed by atoms with Gasteiger partial charge in [-0.1, -0.05) is 79.7 Å². The third-order valence-corrected chi connectivity index (χ3v) is 7.02. The molecule has 5 nitrogen and oxygen atoms in total. The van der Waals surface area contributed by atoms with Crippen LogP contribution in [0.3, 0.4) is 0 Å². The molecule has 0 aliphatic carbocycles. The summed E-state index contributed by atoms with van der Waals surface area (Å²) < 4.78 is 5.24. The lowest BCUT2D eigenvalue weighted by Crippen LogP contribution is -2.25. The van der Waals surface area contributed by atoms with Crippen molar-refractivity contribution in [1.82, 2.24) is 10.6 Å². The summed E-state index contributed by atoms with van der Waals surface area (Å²) in [4.78, 5) is 11.8. The van der Waals surface area contributed by atoms with Gasteiger partial charge in [-0.2, -0.15) is 0 Å². The number of hydrogen-bond donors (Lipinski definition) is 3. The van der Waals surface area contributed by atoms with Gasteiger partial charge in [-0.15, -0.1) is 0 Å². The molecule has 0 saturated heterocycles. The van der Waals surface area contributed by atoms with E-state index in [0.717, 1.165) is 57.1 Å². The zero-order chi connectivity index (χ0) is 27.0. The zero-order valence-corrected chi connectivity index (χ0v) is 23.0. The molecule has 0 heterocycles. The summed E-state index contributed by atoms with van der Waals surface area (Å²) in [5.41, 5.74) is 7.51. The minimum Gasteiger partial charge on any atom is -0.445 e. The van der Waals surface area contributed by atoms with Crippen LogP contribution in [0.5, 0.6) is 0 Å². The molecule has 1 atom stereocenters. The SMILES string of the molecule is CCc1cc([C@@H](CO)NCCCCc2ccc(CCCCNC(=O)OCc3ccccc3)cc2)ccc1C. The summed E-state index contributed by atoms with van der Waals surface area (Å²) in [6.45, 7) is 6.25. The van der Waals surface area contributed by atoms with E-state index in [4.69, 9.17) is 4.74 Å². The maximum absolute atomic E-state index is 11.8. The van der Waals surface area contributed by atoms with Gasteiger partial charge in [-0.3, -0.25) is 0 Å². The molecule has 1 amide bonds. The fourth-order valence-electron chi connectivity index (χ4n) is 4.60. The Morgan fingerprint density at radius 3 is 2.13 bits per heavy atom. The summed E-state index contributed by atoms with van der Waals surface area (Å²) in [6.07, 6.45) is 6.86. The van der Waals surface area contributed by atoms with Gasteiger partial charge < -0.3 is 20.5 Å². The number of nitrogens with one attached hydrogen (secondary N) is 2. The molecule has 0 unspecified atom stereocenters. The quantitative estimate of drug-likeness (QED) is 0.191. The molecule has 0 spiro atoms. The van der Waals surface area contributed by atoms with E-state index in [1.54, 1.807) is 0 Å². The molecule has 0 saturated carbocycles. The second-order valence-electron chi connectivity index (χ2n) is 9.95. The van der Waals surface area contributed by atoms with Crippen LogP contribution in [-0.4, -0.2) is 30.9 Å². The van der Waals surface area contributed by atoms with Crippen LogP contribution in [0.4, 0.5) is 4.79 Å². The van der Waals surface area contributed by atoms with E-state index < -0.39 is 0 Å². The average Bonchev–Trinajstić information content (AvgIpc) is 2.95. The summed E-state index contributed by atoms with van der Waals surface area (Å²) in [7, 11) is 0. The van der Waals surface area contributed by atoms with Gasteiger partial charge in [-0.05, 0) is 91.8 Å². The zero-order valence-electron chi connectivity index (χ0n) is 23.0. The van der Waals surface area contributed by atoms with Crippen LogP contribution >= 0.6 is 0 Å². The summed E-state index contributed by atoms with van der Waals surface area (Å²) in [5.74, 6) is 0. The molecule has 0 aromatic heterocycles. The number of alkyl carbamates (subject to hydrolysis) is 1. The molecule has 0 bridgehead atoms. The number of amides is 1. The predicted octanol–water partition coefficient (Wildman–Crippen LogP) is 6.45. The Labute approximate surface area is 228 Å². The van der Waals surface area contributed by atoms with E-state index in [-0.39, 0.29) is 18.7 Å². The monoisotopic (exact) mass is 516 g/mol. The first-order valence-electron chi connectivity index (χ1n) is 14.0. The van der Waals surface area contributed by atoms with Crippen LogP contribution < -0.4 is 10.6 Å². The van der Waals surface area contributed by atoms with Crippen LogP contribution in [0.25, 0.3) is 0 Å². The minimum absolute atomic E-state index is 0.00433. The van der Waals surface area contributed by atoms with Crippen molar-refractivity contribution in [1.29, 1.82) is 0 Å². The molecule has 0 aliphatic rings. The second-order valence-corrected chi connectivity index (χ2v) is 9.95. The normalized spacial score (nSPS) is 11.8. The number of benzene rings is 3. The van der Waals surface area contributed by atoms with Gasteiger partial charge in [0.05, 0.1) is 12.6 Å². The Hall–Kier alpha value is -3.15. The highest BCUT2D eigenvalue weighted by atomic mass is 16.5. The highest BCUT2D eigenvalue weighted by molar-refractivity contribution is 5.67. The van der Waals surface area contributed by atoms with E-state index in [0.29, 0.717) is 13.2 Å². The molecule has 0 radical (unpaired) electrons. The van der Waals surface area contributed by atoms with Crippen LogP contribution in [-0.2, 0) is 30.6 Å². The molecule has 0 aliphatic heterocycles. The first-order chi connectivity index (χ1) is 18.6. The van der Waals surface area contributed by atoms with Crippen LogP contribution in [0.1, 0.15) is 72.0 Å². The molecular weight excluding hydrogens is 472 g/mol. The lowest BCUT2D eigenvalue weighted by Gasteiger charge is -2.18. The first-order valence-corrected chi connectivity index (χ1v) is 14.0. The maximum atomic E-state index is 11.8. The smallest absolute Gasteiger partial charge is 0.407 e. The molecule has 5 heteroatoms. The number of aliphatic hydroxyl groups excluding tert-OH is 1. The van der Waals surface area contributed by atoms with Crippen LogP contribution in [0, 0.1) is 6.92 Å². The lowest BCUT2D eigenvalue weighted by molar-refractivity contribution is 0.139. The topological polar surface area (TPSA) is 70.6 Å². The Kier molecular flexibility index (Phi) is 12.9. The second kappa shape index (κ2) is 16.6. The molecule has 3 rings (SSSR count). The van der Waals surface area contributed by atoms with Gasteiger partial charge >= 0.3 is 6.09 Å². The van der Waals surface area contributed by atoms with Crippen molar-refractivity contribution in [3.05, 3.63) is 106 Å². The van der Waals surface area contributed by atoms with Gasteiger partial charge in [0.25, 0.3) is 0 Å². The minimum atomic E-state index is -0.360.